The molecule has 30 heavy (non-hydrogen) atoms. The standard InChI is InChI=1S/C16H13ClN4O7S2/c1-29(25,26)16-20-13-10(5-3-8(12(13)18)15(23)24)21(16)14(22)7-2-4-9(17)11(6-7)30(19,27)28/h2-6H,18H2,1H3,(H,23,24)(H2,19,27,28). The lowest BCUT2D eigenvalue weighted by Crippen LogP contribution is -2.19. The highest BCUT2D eigenvalue weighted by Crippen LogP contribution is 2.29. The van der Waals surface area contributed by atoms with Gasteiger partial charge in [-0.1, -0.05) is 11.6 Å². The van der Waals surface area contributed by atoms with Crippen LogP contribution in [0.2, 0.25) is 5.02 Å². The molecule has 0 aliphatic rings. The number of nitrogen functional groups attached to an aromatic ring is 1. The molecular formula is C16H13ClN4O7S2. The molecule has 1 heterocycles. The largest absolute Gasteiger partial charge is 0.478 e. The summed E-state index contributed by atoms with van der Waals surface area (Å²) in [6, 6.07) is 5.45. The van der Waals surface area contributed by atoms with E-state index in [-0.39, 0.29) is 32.9 Å². The van der Waals surface area contributed by atoms with Gasteiger partial charge in [0.05, 0.1) is 21.8 Å². The Bertz CT molecular complexity index is 1460. The van der Waals surface area contributed by atoms with E-state index in [2.05, 4.69) is 4.98 Å². The summed E-state index contributed by atoms with van der Waals surface area (Å²) in [5.41, 5.74) is 4.58. The van der Waals surface area contributed by atoms with Gasteiger partial charge in [-0.3, -0.25) is 4.79 Å². The van der Waals surface area contributed by atoms with Gasteiger partial charge in [-0.25, -0.2) is 36.3 Å². The van der Waals surface area contributed by atoms with Crippen molar-refractivity contribution in [2.24, 2.45) is 5.14 Å². The van der Waals surface area contributed by atoms with Crippen molar-refractivity contribution in [2.45, 2.75) is 10.1 Å². The number of fused-ring (bicyclic) bond motifs is 1. The maximum absolute atomic E-state index is 13.1. The highest BCUT2D eigenvalue weighted by Gasteiger charge is 2.28. The maximum atomic E-state index is 13.1. The second-order valence-electron chi connectivity index (χ2n) is 6.20. The van der Waals surface area contributed by atoms with Crippen LogP contribution in [-0.4, -0.2) is 49.6 Å². The fraction of sp³-hybridized carbons (Fsp3) is 0.0625. The van der Waals surface area contributed by atoms with Crippen molar-refractivity contribution in [1.82, 2.24) is 9.55 Å². The molecule has 0 amide bonds. The van der Waals surface area contributed by atoms with Crippen LogP contribution >= 0.6 is 11.6 Å². The van der Waals surface area contributed by atoms with Crippen molar-refractivity contribution in [3.8, 4) is 0 Å². The Morgan fingerprint density at radius 2 is 1.77 bits per heavy atom. The topological polar surface area (TPSA) is 193 Å². The van der Waals surface area contributed by atoms with Crippen LogP contribution in [-0.2, 0) is 19.9 Å². The molecular weight excluding hydrogens is 460 g/mol. The number of carboxylic acid groups (broad SMARTS) is 1. The fourth-order valence-electron chi connectivity index (χ4n) is 2.76. The zero-order chi connectivity index (χ0) is 22.6. The monoisotopic (exact) mass is 472 g/mol. The van der Waals surface area contributed by atoms with Gasteiger partial charge in [-0.05, 0) is 30.3 Å². The first-order valence-electron chi connectivity index (χ1n) is 7.85. The Hall–Kier alpha value is -3.00. The number of sulfonamides is 1. The normalized spacial score (nSPS) is 12.2. The molecule has 0 atom stereocenters. The van der Waals surface area contributed by atoms with E-state index in [0.717, 1.165) is 24.5 Å². The summed E-state index contributed by atoms with van der Waals surface area (Å²) in [6.07, 6.45) is 0.796. The Labute approximate surface area is 174 Å². The van der Waals surface area contributed by atoms with Crippen LogP contribution in [0.15, 0.2) is 40.4 Å². The number of nitrogens with zero attached hydrogens (tertiary/aromatic N) is 2. The zero-order valence-corrected chi connectivity index (χ0v) is 17.4. The number of hydrogen-bond acceptors (Lipinski definition) is 8. The summed E-state index contributed by atoms with van der Waals surface area (Å²) in [4.78, 5) is 27.7. The average Bonchev–Trinajstić information content (AvgIpc) is 3.01. The molecule has 0 saturated carbocycles. The number of carbonyl (C=O) groups is 2. The number of anilines is 1. The smallest absolute Gasteiger partial charge is 0.337 e. The fourth-order valence-corrected chi connectivity index (χ4v) is 4.60. The first-order valence-corrected chi connectivity index (χ1v) is 11.7. The summed E-state index contributed by atoms with van der Waals surface area (Å²) < 4.78 is 48.6. The number of sulfone groups is 1. The number of aromatic carboxylic acids is 1. The number of primary sulfonamides is 1. The minimum Gasteiger partial charge on any atom is -0.478 e. The van der Waals surface area contributed by atoms with Crippen LogP contribution in [0.5, 0.6) is 0 Å². The van der Waals surface area contributed by atoms with Crippen molar-refractivity contribution in [3.05, 3.63) is 46.5 Å². The van der Waals surface area contributed by atoms with Gasteiger partial charge in [0.2, 0.25) is 25.0 Å². The van der Waals surface area contributed by atoms with Crippen LogP contribution in [0.3, 0.4) is 0 Å². The third kappa shape index (κ3) is 3.63. The van der Waals surface area contributed by atoms with E-state index in [4.69, 9.17) is 22.5 Å². The number of aromatic nitrogens is 2. The van der Waals surface area contributed by atoms with Crippen molar-refractivity contribution in [3.63, 3.8) is 0 Å². The summed E-state index contributed by atoms with van der Waals surface area (Å²) in [5, 5.41) is 13.4. The lowest BCUT2D eigenvalue weighted by atomic mass is 10.1. The Morgan fingerprint density at radius 3 is 2.30 bits per heavy atom. The lowest BCUT2D eigenvalue weighted by Gasteiger charge is -2.09. The van der Waals surface area contributed by atoms with Crippen molar-refractivity contribution < 1.29 is 31.5 Å². The SMILES string of the molecule is CS(=O)(=O)c1nc2c(N)c(C(=O)O)ccc2n1C(=O)c1ccc(Cl)c(S(N)(=O)=O)c1. The lowest BCUT2D eigenvalue weighted by molar-refractivity contribution is 0.0698. The molecule has 2 aromatic carbocycles. The van der Waals surface area contributed by atoms with E-state index in [9.17, 15) is 31.5 Å². The molecule has 0 fully saturated rings. The molecule has 0 spiro atoms. The average molecular weight is 473 g/mol. The Kier molecular flexibility index (Phi) is 5.10. The van der Waals surface area contributed by atoms with Crippen molar-refractivity contribution in [2.75, 3.05) is 12.0 Å². The minimum atomic E-state index is -4.27. The second kappa shape index (κ2) is 7.05. The molecule has 0 bridgehead atoms. The van der Waals surface area contributed by atoms with Gasteiger partial charge in [-0.2, -0.15) is 0 Å². The molecule has 0 unspecified atom stereocenters. The van der Waals surface area contributed by atoms with Gasteiger partial charge in [0.15, 0.2) is 0 Å². The van der Waals surface area contributed by atoms with Crippen molar-refractivity contribution in [1.29, 1.82) is 0 Å². The number of carboxylic acids is 1. The summed E-state index contributed by atoms with van der Waals surface area (Å²) >= 11 is 5.82. The van der Waals surface area contributed by atoms with Gasteiger partial charge in [0.25, 0.3) is 5.91 Å². The molecule has 0 saturated heterocycles. The number of rotatable bonds is 4. The van der Waals surface area contributed by atoms with Gasteiger partial charge >= 0.3 is 5.97 Å². The van der Waals surface area contributed by atoms with E-state index < -0.39 is 41.8 Å². The number of imidazole rings is 1. The molecule has 0 radical (unpaired) electrons. The molecule has 3 rings (SSSR count). The number of halogens is 1. The highest BCUT2D eigenvalue weighted by atomic mass is 35.5. The molecule has 0 aliphatic heterocycles. The predicted octanol–water partition coefficient (Wildman–Crippen LogP) is 0.710. The first-order chi connectivity index (χ1) is 13.7. The Balaban J connectivity index is 2.37. The van der Waals surface area contributed by atoms with Crippen LogP contribution in [0, 0.1) is 0 Å². The molecule has 14 heteroatoms. The maximum Gasteiger partial charge on any atom is 0.337 e. The number of nitrogens with two attached hydrogens (primary N) is 2. The Morgan fingerprint density at radius 1 is 1.13 bits per heavy atom. The molecule has 0 aliphatic carbocycles. The quantitative estimate of drug-likeness (QED) is 0.458. The van der Waals surface area contributed by atoms with E-state index in [1.54, 1.807) is 0 Å². The minimum absolute atomic E-state index is 0.0879. The number of benzene rings is 2. The van der Waals surface area contributed by atoms with Crippen LogP contribution in [0.25, 0.3) is 11.0 Å². The number of carbonyl (C=O) groups excluding carboxylic acids is 1. The van der Waals surface area contributed by atoms with E-state index in [0.29, 0.717) is 4.57 Å². The molecule has 5 N–H and O–H groups in total. The van der Waals surface area contributed by atoms with Gasteiger partial charge in [0.1, 0.15) is 10.4 Å². The summed E-state index contributed by atoms with van der Waals surface area (Å²) in [6.45, 7) is 0. The van der Waals surface area contributed by atoms with Crippen LogP contribution in [0.1, 0.15) is 20.7 Å². The molecule has 3 aromatic rings. The van der Waals surface area contributed by atoms with Gasteiger partial charge in [0, 0.05) is 11.8 Å². The van der Waals surface area contributed by atoms with Crippen LogP contribution in [0.4, 0.5) is 5.69 Å². The van der Waals surface area contributed by atoms with Gasteiger partial charge < -0.3 is 10.8 Å². The van der Waals surface area contributed by atoms with E-state index in [1.807, 2.05) is 0 Å². The summed E-state index contributed by atoms with van der Waals surface area (Å²) in [5.74, 6) is -2.34. The van der Waals surface area contributed by atoms with E-state index in [1.165, 1.54) is 12.1 Å². The molecule has 1 aromatic heterocycles. The first kappa shape index (κ1) is 21.7. The second-order valence-corrected chi connectivity index (χ2v) is 10.0. The summed E-state index contributed by atoms with van der Waals surface area (Å²) in [7, 11) is -8.36. The third-order valence-corrected chi connectivity index (χ3v) is 6.41. The predicted molar refractivity (Wildman–Crippen MR) is 107 cm³/mol. The van der Waals surface area contributed by atoms with Crippen LogP contribution < -0.4 is 10.9 Å². The zero-order valence-electron chi connectivity index (χ0n) is 15.0. The van der Waals surface area contributed by atoms with E-state index >= 15 is 0 Å². The molecule has 11 nitrogen and oxygen atoms in total. The number of hydrogen-bond donors (Lipinski definition) is 3. The third-order valence-electron chi connectivity index (χ3n) is 4.09. The van der Waals surface area contributed by atoms with Gasteiger partial charge in [-0.15, -0.1) is 0 Å². The molecule has 158 valence electrons. The van der Waals surface area contributed by atoms with Crippen molar-refractivity contribution >= 4 is 60.1 Å². The highest BCUT2D eigenvalue weighted by molar-refractivity contribution is 7.90.